The number of nitrogens with one attached hydrogen (secondary N) is 1. The number of halogens is 3. The maximum atomic E-state index is 12.0. The summed E-state index contributed by atoms with van der Waals surface area (Å²) >= 11 is 0. The van der Waals surface area contributed by atoms with Crippen molar-refractivity contribution in [3.8, 4) is 0 Å². The largest absolute Gasteiger partial charge is 0.440 e. The molecule has 1 saturated heterocycles. The van der Waals surface area contributed by atoms with Gasteiger partial charge in [0.15, 0.2) is 6.61 Å². The Morgan fingerprint density at radius 2 is 1.90 bits per heavy atom. The van der Waals surface area contributed by atoms with Crippen molar-refractivity contribution < 1.29 is 22.7 Å². The number of rotatable bonds is 4. The summed E-state index contributed by atoms with van der Waals surface area (Å²) in [5.74, 6) is 0. The van der Waals surface area contributed by atoms with Crippen LogP contribution < -0.4 is 5.32 Å². The molecule has 0 unspecified atom stereocenters. The normalized spacial score (nSPS) is 16.0. The van der Waals surface area contributed by atoms with Crippen molar-refractivity contribution in [3.05, 3.63) is 29.8 Å². The smallest absolute Gasteiger partial charge is 0.422 e. The van der Waals surface area contributed by atoms with Gasteiger partial charge in [0.05, 0.1) is 0 Å². The molecule has 116 valence electrons. The molecule has 1 N–H and O–H groups in total. The molecule has 0 aliphatic carbocycles. The lowest BCUT2D eigenvalue weighted by Gasteiger charge is -2.17. The number of ether oxygens (including phenoxy) is 1. The summed E-state index contributed by atoms with van der Waals surface area (Å²) in [4.78, 5) is 13.6. The van der Waals surface area contributed by atoms with Crippen molar-refractivity contribution in [3.63, 3.8) is 0 Å². The van der Waals surface area contributed by atoms with Crippen LogP contribution in [-0.2, 0) is 11.3 Å². The highest BCUT2D eigenvalue weighted by molar-refractivity contribution is 5.85. The van der Waals surface area contributed by atoms with Crippen LogP contribution in [0, 0.1) is 0 Å². The van der Waals surface area contributed by atoms with E-state index in [-0.39, 0.29) is 0 Å². The fourth-order valence-corrected chi connectivity index (χ4v) is 2.26. The number of para-hydroxylation sites is 1. The molecular formula is C14H17F3N2O2. The summed E-state index contributed by atoms with van der Waals surface area (Å²) in [7, 11) is 0. The molecule has 1 fully saturated rings. The molecule has 1 amide bonds. The molecule has 1 aromatic carbocycles. The quantitative estimate of drug-likeness (QED) is 0.927. The molecule has 1 aromatic rings. The van der Waals surface area contributed by atoms with Crippen molar-refractivity contribution in [2.24, 2.45) is 0 Å². The Hall–Kier alpha value is -1.76. The lowest BCUT2D eigenvalue weighted by Crippen LogP contribution is -2.24. The molecule has 0 bridgehead atoms. The molecule has 0 aromatic heterocycles. The highest BCUT2D eigenvalue weighted by Crippen LogP contribution is 2.20. The van der Waals surface area contributed by atoms with E-state index in [9.17, 15) is 18.0 Å². The van der Waals surface area contributed by atoms with E-state index in [1.165, 1.54) is 0 Å². The number of amides is 1. The summed E-state index contributed by atoms with van der Waals surface area (Å²) in [5, 5.41) is 2.37. The first kappa shape index (κ1) is 15.6. The van der Waals surface area contributed by atoms with Gasteiger partial charge in [-0.25, -0.2) is 4.79 Å². The molecule has 21 heavy (non-hydrogen) atoms. The number of likely N-dealkylation sites (tertiary alicyclic amines) is 1. The van der Waals surface area contributed by atoms with Crippen molar-refractivity contribution in [1.29, 1.82) is 0 Å². The van der Waals surface area contributed by atoms with Crippen LogP contribution in [-0.4, -0.2) is 36.9 Å². The van der Waals surface area contributed by atoms with Gasteiger partial charge in [0, 0.05) is 12.2 Å². The van der Waals surface area contributed by atoms with Gasteiger partial charge in [0.2, 0.25) is 0 Å². The summed E-state index contributed by atoms with van der Waals surface area (Å²) in [6.45, 7) is 1.06. The van der Waals surface area contributed by atoms with Crippen LogP contribution in [0.2, 0.25) is 0 Å². The molecule has 0 saturated carbocycles. The third-order valence-corrected chi connectivity index (χ3v) is 3.21. The van der Waals surface area contributed by atoms with Gasteiger partial charge in [-0.3, -0.25) is 10.2 Å². The monoisotopic (exact) mass is 302 g/mol. The van der Waals surface area contributed by atoms with E-state index in [0.717, 1.165) is 31.5 Å². The van der Waals surface area contributed by atoms with Crippen LogP contribution in [0.3, 0.4) is 0 Å². The van der Waals surface area contributed by atoms with Crippen LogP contribution in [0.25, 0.3) is 0 Å². The van der Waals surface area contributed by atoms with Crippen LogP contribution >= 0.6 is 0 Å². The predicted molar refractivity (Wildman–Crippen MR) is 72.0 cm³/mol. The second-order valence-electron chi connectivity index (χ2n) is 4.96. The van der Waals surface area contributed by atoms with Crippen molar-refractivity contribution in [1.82, 2.24) is 4.90 Å². The van der Waals surface area contributed by atoms with Crippen LogP contribution in [0.15, 0.2) is 24.3 Å². The van der Waals surface area contributed by atoms with Gasteiger partial charge in [-0.2, -0.15) is 13.2 Å². The predicted octanol–water partition coefficient (Wildman–Crippen LogP) is 3.39. The number of nitrogens with zero attached hydrogens (tertiary/aromatic N) is 1. The first-order valence-corrected chi connectivity index (χ1v) is 6.75. The summed E-state index contributed by atoms with van der Waals surface area (Å²) < 4.78 is 40.1. The number of hydrogen-bond donors (Lipinski definition) is 1. The van der Waals surface area contributed by atoms with Gasteiger partial charge >= 0.3 is 12.3 Å². The lowest BCUT2D eigenvalue weighted by atomic mass is 10.1. The fourth-order valence-electron chi connectivity index (χ4n) is 2.26. The number of anilines is 1. The Morgan fingerprint density at radius 1 is 1.24 bits per heavy atom. The first-order valence-electron chi connectivity index (χ1n) is 6.75. The van der Waals surface area contributed by atoms with E-state index in [1.807, 2.05) is 12.1 Å². The zero-order valence-corrected chi connectivity index (χ0v) is 11.4. The van der Waals surface area contributed by atoms with E-state index < -0.39 is 18.9 Å². The summed E-state index contributed by atoms with van der Waals surface area (Å²) in [5.41, 5.74) is 1.35. The molecule has 1 aliphatic heterocycles. The van der Waals surface area contributed by atoms with E-state index in [1.54, 1.807) is 12.1 Å². The molecule has 1 aliphatic rings. The van der Waals surface area contributed by atoms with Crippen molar-refractivity contribution >= 4 is 11.8 Å². The minimum atomic E-state index is -4.52. The second kappa shape index (κ2) is 6.80. The number of alkyl halides is 3. The zero-order chi connectivity index (χ0) is 15.3. The third kappa shape index (κ3) is 5.26. The van der Waals surface area contributed by atoms with Gasteiger partial charge in [-0.15, -0.1) is 0 Å². The molecular weight excluding hydrogens is 285 g/mol. The van der Waals surface area contributed by atoms with Gasteiger partial charge in [0.25, 0.3) is 0 Å². The summed E-state index contributed by atoms with van der Waals surface area (Å²) in [6.07, 6.45) is -3.33. The SMILES string of the molecule is O=C(Nc1ccccc1CN1CCCC1)OCC(F)(F)F. The van der Waals surface area contributed by atoms with Gasteiger partial charge in [-0.05, 0) is 37.6 Å². The van der Waals surface area contributed by atoms with Crippen molar-refractivity contribution in [2.45, 2.75) is 25.6 Å². The molecule has 0 atom stereocenters. The van der Waals surface area contributed by atoms with Gasteiger partial charge < -0.3 is 4.74 Å². The standard InChI is InChI=1S/C14H17F3N2O2/c15-14(16,17)10-21-13(20)18-12-6-2-1-5-11(12)9-19-7-3-4-8-19/h1-2,5-6H,3-4,7-10H2,(H,18,20). The topological polar surface area (TPSA) is 41.6 Å². The minimum absolute atomic E-state index is 0.483. The minimum Gasteiger partial charge on any atom is -0.440 e. The second-order valence-corrected chi connectivity index (χ2v) is 4.96. The number of benzene rings is 1. The van der Waals surface area contributed by atoms with E-state index >= 15 is 0 Å². The molecule has 1 heterocycles. The maximum Gasteiger partial charge on any atom is 0.422 e. The number of hydrogen-bond acceptors (Lipinski definition) is 3. The van der Waals surface area contributed by atoms with Gasteiger partial charge in [-0.1, -0.05) is 18.2 Å². The van der Waals surface area contributed by atoms with Crippen LogP contribution in [0.5, 0.6) is 0 Å². The Labute approximate surface area is 120 Å². The highest BCUT2D eigenvalue weighted by Gasteiger charge is 2.29. The zero-order valence-electron chi connectivity index (χ0n) is 11.4. The lowest BCUT2D eigenvalue weighted by molar-refractivity contribution is -0.159. The molecule has 4 nitrogen and oxygen atoms in total. The average Bonchev–Trinajstić information content (AvgIpc) is 2.91. The Morgan fingerprint density at radius 3 is 2.57 bits per heavy atom. The molecule has 0 radical (unpaired) electrons. The molecule has 2 rings (SSSR count). The first-order chi connectivity index (χ1) is 9.94. The number of carbonyl (C=O) groups excluding carboxylic acids is 1. The molecule has 7 heteroatoms. The molecule has 0 spiro atoms. The van der Waals surface area contributed by atoms with Crippen LogP contribution in [0.4, 0.5) is 23.7 Å². The maximum absolute atomic E-state index is 12.0. The Balaban J connectivity index is 1.94. The number of carbonyl (C=O) groups is 1. The Bertz CT molecular complexity index is 485. The summed E-state index contributed by atoms with van der Waals surface area (Å²) in [6, 6.07) is 7.04. The van der Waals surface area contributed by atoms with E-state index in [0.29, 0.717) is 12.2 Å². The average molecular weight is 302 g/mol. The highest BCUT2D eigenvalue weighted by atomic mass is 19.4. The van der Waals surface area contributed by atoms with Crippen LogP contribution in [0.1, 0.15) is 18.4 Å². The van der Waals surface area contributed by atoms with E-state index in [2.05, 4.69) is 15.0 Å². The van der Waals surface area contributed by atoms with E-state index in [4.69, 9.17) is 0 Å². The van der Waals surface area contributed by atoms with Crippen molar-refractivity contribution in [2.75, 3.05) is 25.0 Å². The third-order valence-electron chi connectivity index (χ3n) is 3.21. The van der Waals surface area contributed by atoms with Gasteiger partial charge in [0.1, 0.15) is 0 Å². The Kier molecular flexibility index (Phi) is 5.06. The fraction of sp³-hybridized carbons (Fsp3) is 0.500.